The highest BCUT2D eigenvalue weighted by molar-refractivity contribution is 6.12. The molecule has 1 saturated heterocycles. The van der Waals surface area contributed by atoms with Crippen molar-refractivity contribution in [2.75, 3.05) is 30.0 Å². The van der Waals surface area contributed by atoms with Crippen LogP contribution in [-0.4, -0.2) is 68.4 Å². The Kier molecular flexibility index (Phi) is 8.08. The monoisotopic (exact) mass is 486 g/mol. The number of carbonyl (C=O) groups excluding carboxylic acids is 4. The van der Waals surface area contributed by atoms with Gasteiger partial charge >= 0.3 is 19.0 Å². The Labute approximate surface area is 181 Å². The molecule has 0 bridgehead atoms. The Morgan fingerprint density at radius 3 is 2.39 bits per heavy atom. The van der Waals surface area contributed by atoms with Crippen LogP contribution < -0.4 is 26.0 Å². The van der Waals surface area contributed by atoms with E-state index >= 15 is 0 Å². The number of alkyl halides is 6. The molecule has 1 heterocycles. The van der Waals surface area contributed by atoms with Gasteiger partial charge in [-0.15, -0.1) is 0 Å². The zero-order valence-electron chi connectivity index (χ0n) is 16.3. The second-order valence-corrected chi connectivity index (χ2v) is 6.38. The largest absolute Gasteiger partial charge is 0.433 e. The first-order valence-electron chi connectivity index (χ1n) is 8.88. The maximum Gasteiger partial charge on any atom is 0.387 e. The van der Waals surface area contributed by atoms with Crippen LogP contribution in [0.4, 0.5) is 37.7 Å². The average molecular weight is 486 g/mol. The molecule has 1 aromatic rings. The number of rotatable bonds is 9. The van der Waals surface area contributed by atoms with Crippen LogP contribution in [0.1, 0.15) is 0 Å². The second kappa shape index (κ2) is 10.4. The Bertz CT molecular complexity index is 931. The summed E-state index contributed by atoms with van der Waals surface area (Å²) in [6.07, 6.45) is -4.43. The molecule has 0 unspecified atom stereocenters. The summed E-state index contributed by atoms with van der Waals surface area (Å²) in [5.41, 5.74) is 4.41. The standard InChI is InChI=1S/C17H16F6N4O6/c18-14(19)17(22,23)15(31)26-11(12(24)29)13(30)25-7-1-2-8(9(5-7)33-16(20)21)27-3-4-32-6-10(27)28/h1-2,5,11,14,16H,3-4,6H2,(H2,24,29)(H,25,30)(H,26,31)/t11-/m0/s1. The fraction of sp³-hybridized carbons (Fsp3) is 0.412. The molecule has 0 aromatic heterocycles. The molecule has 1 atom stereocenters. The first-order chi connectivity index (χ1) is 15.3. The summed E-state index contributed by atoms with van der Waals surface area (Å²) in [5.74, 6) is -12.2. The molecule has 1 aliphatic heterocycles. The van der Waals surface area contributed by atoms with E-state index < -0.39 is 54.4 Å². The molecule has 1 aromatic carbocycles. The molecule has 0 aliphatic carbocycles. The maximum atomic E-state index is 13.1. The van der Waals surface area contributed by atoms with E-state index in [9.17, 15) is 45.5 Å². The molecule has 4 amide bonds. The van der Waals surface area contributed by atoms with Gasteiger partial charge in [-0.3, -0.25) is 19.2 Å². The molecule has 0 spiro atoms. The van der Waals surface area contributed by atoms with Crippen molar-refractivity contribution in [3.05, 3.63) is 18.2 Å². The third-order valence-corrected chi connectivity index (χ3v) is 4.12. The third-order valence-electron chi connectivity index (χ3n) is 4.12. The Balaban J connectivity index is 2.26. The van der Waals surface area contributed by atoms with Crippen LogP contribution in [0.15, 0.2) is 18.2 Å². The molecule has 0 radical (unpaired) electrons. The number of carbonyl (C=O) groups is 4. The van der Waals surface area contributed by atoms with Crippen molar-refractivity contribution in [3.63, 3.8) is 0 Å². The van der Waals surface area contributed by atoms with E-state index in [-0.39, 0.29) is 31.1 Å². The number of morpholine rings is 1. The first-order valence-corrected chi connectivity index (χ1v) is 8.88. The lowest BCUT2D eigenvalue weighted by atomic mass is 10.2. The number of nitrogens with zero attached hydrogens (tertiary/aromatic N) is 1. The zero-order chi connectivity index (χ0) is 24.9. The maximum absolute atomic E-state index is 13.1. The summed E-state index contributed by atoms with van der Waals surface area (Å²) in [5, 5.41) is 3.02. The lowest BCUT2D eigenvalue weighted by molar-refractivity contribution is -0.171. The lowest BCUT2D eigenvalue weighted by Crippen LogP contribution is -2.57. The van der Waals surface area contributed by atoms with Crippen LogP contribution in [-0.2, 0) is 23.9 Å². The number of benzene rings is 1. The Morgan fingerprint density at radius 1 is 1.18 bits per heavy atom. The van der Waals surface area contributed by atoms with Gasteiger partial charge in [0, 0.05) is 18.3 Å². The van der Waals surface area contributed by atoms with E-state index in [4.69, 9.17) is 10.5 Å². The highest BCUT2D eigenvalue weighted by Crippen LogP contribution is 2.33. The predicted octanol–water partition coefficient (Wildman–Crippen LogP) is 0.460. The summed E-state index contributed by atoms with van der Waals surface area (Å²) >= 11 is 0. The minimum atomic E-state index is -5.22. The third kappa shape index (κ3) is 6.24. The summed E-state index contributed by atoms with van der Waals surface area (Å²) in [4.78, 5) is 48.0. The number of halogens is 6. The number of hydrogen-bond acceptors (Lipinski definition) is 6. The van der Waals surface area contributed by atoms with Crippen molar-refractivity contribution in [2.24, 2.45) is 5.73 Å². The highest BCUT2D eigenvalue weighted by Gasteiger charge is 2.50. The van der Waals surface area contributed by atoms with Crippen molar-refractivity contribution in [2.45, 2.75) is 25.0 Å². The molecule has 16 heteroatoms. The molecule has 33 heavy (non-hydrogen) atoms. The van der Waals surface area contributed by atoms with E-state index in [1.165, 1.54) is 0 Å². The number of hydrogen-bond donors (Lipinski definition) is 3. The van der Waals surface area contributed by atoms with E-state index in [2.05, 4.69) is 4.74 Å². The number of nitrogens with one attached hydrogen (secondary N) is 2. The van der Waals surface area contributed by atoms with Crippen LogP contribution in [0.2, 0.25) is 0 Å². The van der Waals surface area contributed by atoms with Crippen LogP contribution in [0, 0.1) is 0 Å². The van der Waals surface area contributed by atoms with Crippen molar-refractivity contribution in [1.29, 1.82) is 0 Å². The molecule has 182 valence electrons. The predicted molar refractivity (Wildman–Crippen MR) is 97.0 cm³/mol. The number of amides is 4. The average Bonchev–Trinajstić information content (AvgIpc) is 2.71. The van der Waals surface area contributed by atoms with Gasteiger partial charge in [0.2, 0.25) is 5.91 Å². The highest BCUT2D eigenvalue weighted by atomic mass is 19.3. The normalized spacial score (nSPS) is 15.4. The van der Waals surface area contributed by atoms with E-state index in [0.29, 0.717) is 0 Å². The number of ether oxygens (including phenoxy) is 2. The van der Waals surface area contributed by atoms with Crippen molar-refractivity contribution in [3.8, 4) is 5.75 Å². The van der Waals surface area contributed by atoms with Gasteiger partial charge in [0.15, 0.2) is 11.8 Å². The molecule has 10 nitrogen and oxygen atoms in total. The molecular formula is C17H16F6N4O6. The van der Waals surface area contributed by atoms with E-state index in [0.717, 1.165) is 28.4 Å². The summed E-state index contributed by atoms with van der Waals surface area (Å²) in [7, 11) is 0. The van der Waals surface area contributed by atoms with Crippen molar-refractivity contribution >= 4 is 35.0 Å². The SMILES string of the molecule is NC(=O)[C@H](NC(=O)C(F)(F)C(F)F)C(=O)Nc1ccc(N2CCOCC2=O)c(OC(F)F)c1. The quantitative estimate of drug-likeness (QED) is 0.342. The molecule has 1 aliphatic rings. The fourth-order valence-electron chi connectivity index (χ4n) is 2.58. The first kappa shape index (κ1) is 25.7. The second-order valence-electron chi connectivity index (χ2n) is 6.38. The molecular weight excluding hydrogens is 470 g/mol. The van der Waals surface area contributed by atoms with Gasteiger partial charge in [0.25, 0.3) is 17.7 Å². The topological polar surface area (TPSA) is 140 Å². The Morgan fingerprint density at radius 2 is 1.85 bits per heavy atom. The molecule has 4 N–H and O–H groups in total. The van der Waals surface area contributed by atoms with Gasteiger partial charge in [-0.05, 0) is 12.1 Å². The number of anilines is 2. The van der Waals surface area contributed by atoms with Gasteiger partial charge in [0.1, 0.15) is 6.61 Å². The minimum absolute atomic E-state index is 0.00172. The van der Waals surface area contributed by atoms with Gasteiger partial charge in [-0.25, -0.2) is 8.78 Å². The van der Waals surface area contributed by atoms with Crippen LogP contribution in [0.5, 0.6) is 5.75 Å². The van der Waals surface area contributed by atoms with Crippen molar-refractivity contribution in [1.82, 2.24) is 5.32 Å². The molecule has 2 rings (SSSR count). The number of nitrogens with two attached hydrogens (primary N) is 1. The molecule has 0 saturated carbocycles. The Hall–Kier alpha value is -3.56. The zero-order valence-corrected chi connectivity index (χ0v) is 16.3. The van der Waals surface area contributed by atoms with Crippen LogP contribution in [0.25, 0.3) is 0 Å². The van der Waals surface area contributed by atoms with Crippen LogP contribution in [0.3, 0.4) is 0 Å². The van der Waals surface area contributed by atoms with Gasteiger partial charge in [-0.1, -0.05) is 0 Å². The minimum Gasteiger partial charge on any atom is -0.433 e. The van der Waals surface area contributed by atoms with E-state index in [1.54, 1.807) is 0 Å². The summed E-state index contributed by atoms with van der Waals surface area (Å²) in [6, 6.07) is 0.471. The molecule has 1 fully saturated rings. The summed E-state index contributed by atoms with van der Waals surface area (Å²) < 4.78 is 85.7. The van der Waals surface area contributed by atoms with Crippen LogP contribution >= 0.6 is 0 Å². The van der Waals surface area contributed by atoms with E-state index in [1.807, 2.05) is 5.32 Å². The smallest absolute Gasteiger partial charge is 0.387 e. The summed E-state index contributed by atoms with van der Waals surface area (Å²) in [6.45, 7) is -3.57. The van der Waals surface area contributed by atoms with Crippen molar-refractivity contribution < 1.29 is 55.0 Å². The lowest BCUT2D eigenvalue weighted by Gasteiger charge is -2.28. The van der Waals surface area contributed by atoms with Gasteiger partial charge in [0.05, 0.1) is 12.3 Å². The fourth-order valence-corrected chi connectivity index (χ4v) is 2.58. The number of primary amides is 1. The van der Waals surface area contributed by atoms with Gasteiger partial charge in [-0.2, -0.15) is 17.6 Å². The van der Waals surface area contributed by atoms with Gasteiger partial charge < -0.3 is 30.7 Å².